The highest BCUT2D eigenvalue weighted by atomic mass is 16.5. The Kier molecular flexibility index (Phi) is 10.3. The summed E-state index contributed by atoms with van der Waals surface area (Å²) in [4.78, 5) is 29.3. The third kappa shape index (κ3) is 7.87. The minimum atomic E-state index is -0.0527. The van der Waals surface area contributed by atoms with Crippen molar-refractivity contribution in [1.29, 1.82) is 0 Å². The topological polar surface area (TPSA) is 54.8 Å². The SMILES string of the molecule is CCCCC(=O)N(CC(=O)N(CCOC)Cc1cccn1Cc1ccccc1)C(C)C. The van der Waals surface area contributed by atoms with Gasteiger partial charge in [0.15, 0.2) is 0 Å². The summed E-state index contributed by atoms with van der Waals surface area (Å²) in [5.41, 5.74) is 2.27. The van der Waals surface area contributed by atoms with Gasteiger partial charge in [-0.2, -0.15) is 0 Å². The number of amides is 2. The van der Waals surface area contributed by atoms with E-state index in [0.717, 1.165) is 25.1 Å². The summed E-state index contributed by atoms with van der Waals surface area (Å²) in [6.07, 6.45) is 4.33. The first kappa shape index (κ1) is 24.7. The van der Waals surface area contributed by atoms with E-state index in [1.165, 1.54) is 5.56 Å². The Morgan fingerprint density at radius 1 is 1.06 bits per heavy atom. The van der Waals surface area contributed by atoms with Gasteiger partial charge in [0.1, 0.15) is 0 Å². The van der Waals surface area contributed by atoms with Gasteiger partial charge in [-0.3, -0.25) is 9.59 Å². The first-order valence-corrected chi connectivity index (χ1v) is 11.2. The summed E-state index contributed by atoms with van der Waals surface area (Å²) in [6.45, 7) is 8.26. The number of benzene rings is 1. The zero-order valence-electron chi connectivity index (χ0n) is 19.4. The van der Waals surface area contributed by atoms with Crippen LogP contribution >= 0.6 is 0 Å². The molecule has 0 radical (unpaired) electrons. The Hall–Kier alpha value is -2.60. The fourth-order valence-electron chi connectivity index (χ4n) is 3.49. The fourth-order valence-corrected chi connectivity index (χ4v) is 3.49. The molecule has 0 saturated carbocycles. The molecule has 0 bridgehead atoms. The molecule has 2 rings (SSSR count). The maximum Gasteiger partial charge on any atom is 0.242 e. The first-order chi connectivity index (χ1) is 15.0. The largest absolute Gasteiger partial charge is 0.383 e. The van der Waals surface area contributed by atoms with Crippen LogP contribution in [-0.4, -0.2) is 59.0 Å². The number of rotatable bonds is 13. The fraction of sp³-hybridized carbons (Fsp3) is 0.520. The number of carbonyl (C=O) groups is 2. The lowest BCUT2D eigenvalue weighted by atomic mass is 10.2. The van der Waals surface area contributed by atoms with Gasteiger partial charge in [-0.1, -0.05) is 43.7 Å². The van der Waals surface area contributed by atoms with Gasteiger partial charge in [-0.05, 0) is 38.0 Å². The number of hydrogen-bond acceptors (Lipinski definition) is 3. The highest BCUT2D eigenvalue weighted by molar-refractivity contribution is 5.85. The molecule has 0 fully saturated rings. The van der Waals surface area contributed by atoms with E-state index < -0.39 is 0 Å². The number of hydrogen-bond donors (Lipinski definition) is 0. The summed E-state index contributed by atoms with van der Waals surface area (Å²) in [5.74, 6) is -0.00703. The summed E-state index contributed by atoms with van der Waals surface area (Å²) in [5, 5.41) is 0. The molecule has 1 heterocycles. The second-order valence-corrected chi connectivity index (χ2v) is 8.14. The molecule has 0 spiro atoms. The number of carbonyl (C=O) groups excluding carboxylic acids is 2. The lowest BCUT2D eigenvalue weighted by molar-refractivity contribution is -0.142. The van der Waals surface area contributed by atoms with Crippen LogP contribution in [0.3, 0.4) is 0 Å². The van der Waals surface area contributed by atoms with E-state index in [2.05, 4.69) is 23.6 Å². The lowest BCUT2D eigenvalue weighted by Crippen LogP contribution is -2.46. The molecule has 0 aliphatic heterocycles. The zero-order valence-corrected chi connectivity index (χ0v) is 19.4. The van der Waals surface area contributed by atoms with Crippen LogP contribution in [0.15, 0.2) is 48.7 Å². The van der Waals surface area contributed by atoms with Crippen molar-refractivity contribution < 1.29 is 14.3 Å². The van der Waals surface area contributed by atoms with Crippen molar-refractivity contribution in [2.24, 2.45) is 0 Å². The first-order valence-electron chi connectivity index (χ1n) is 11.2. The molecule has 6 nitrogen and oxygen atoms in total. The van der Waals surface area contributed by atoms with Crippen LogP contribution in [0.5, 0.6) is 0 Å². The quantitative estimate of drug-likeness (QED) is 0.487. The van der Waals surface area contributed by atoms with Crippen molar-refractivity contribution in [3.63, 3.8) is 0 Å². The van der Waals surface area contributed by atoms with Crippen LogP contribution in [0.4, 0.5) is 0 Å². The monoisotopic (exact) mass is 427 g/mol. The maximum absolute atomic E-state index is 13.2. The van der Waals surface area contributed by atoms with E-state index in [1.54, 1.807) is 16.9 Å². The zero-order chi connectivity index (χ0) is 22.6. The maximum atomic E-state index is 13.2. The van der Waals surface area contributed by atoms with Crippen LogP contribution in [0, 0.1) is 0 Å². The Bertz CT molecular complexity index is 801. The molecule has 6 heteroatoms. The van der Waals surface area contributed by atoms with E-state index in [9.17, 15) is 9.59 Å². The molecule has 0 atom stereocenters. The third-order valence-corrected chi connectivity index (χ3v) is 5.38. The predicted molar refractivity (Wildman–Crippen MR) is 124 cm³/mol. The van der Waals surface area contributed by atoms with E-state index in [1.807, 2.05) is 50.4 Å². The number of methoxy groups -OCH3 is 1. The second kappa shape index (κ2) is 13.0. The van der Waals surface area contributed by atoms with Crippen molar-refractivity contribution in [1.82, 2.24) is 14.4 Å². The average molecular weight is 428 g/mol. The van der Waals surface area contributed by atoms with Crippen LogP contribution < -0.4 is 0 Å². The van der Waals surface area contributed by atoms with Gasteiger partial charge in [0.2, 0.25) is 11.8 Å². The summed E-state index contributed by atoms with van der Waals surface area (Å²) in [6, 6.07) is 14.3. The molecule has 2 aromatic rings. The molecule has 2 amide bonds. The molecular weight excluding hydrogens is 390 g/mol. The highest BCUT2D eigenvalue weighted by Crippen LogP contribution is 2.12. The molecule has 0 N–H and O–H groups in total. The molecule has 170 valence electrons. The summed E-state index contributed by atoms with van der Waals surface area (Å²) in [7, 11) is 1.63. The molecule has 0 unspecified atom stereocenters. The number of nitrogens with zero attached hydrogens (tertiary/aromatic N) is 3. The molecular formula is C25H37N3O3. The Labute approximate surface area is 186 Å². The van der Waals surface area contributed by atoms with Gasteiger partial charge in [0, 0.05) is 44.6 Å². The van der Waals surface area contributed by atoms with Gasteiger partial charge in [0.05, 0.1) is 19.7 Å². The van der Waals surface area contributed by atoms with Crippen molar-refractivity contribution in [3.8, 4) is 0 Å². The third-order valence-electron chi connectivity index (χ3n) is 5.38. The summed E-state index contributed by atoms with van der Waals surface area (Å²) < 4.78 is 7.40. The van der Waals surface area contributed by atoms with E-state index >= 15 is 0 Å². The Morgan fingerprint density at radius 3 is 2.45 bits per heavy atom. The molecule has 0 aliphatic rings. The average Bonchev–Trinajstić information content (AvgIpc) is 3.19. The van der Waals surface area contributed by atoms with Crippen LogP contribution in [0.2, 0.25) is 0 Å². The summed E-state index contributed by atoms with van der Waals surface area (Å²) >= 11 is 0. The Morgan fingerprint density at radius 2 is 1.81 bits per heavy atom. The van der Waals surface area contributed by atoms with Crippen molar-refractivity contribution in [2.45, 2.75) is 59.2 Å². The van der Waals surface area contributed by atoms with E-state index in [-0.39, 0.29) is 24.4 Å². The van der Waals surface area contributed by atoms with Crippen LogP contribution in [0.25, 0.3) is 0 Å². The molecule has 31 heavy (non-hydrogen) atoms. The molecule has 1 aromatic carbocycles. The standard InChI is InChI=1S/C25H37N3O3/c1-5-6-14-24(29)28(21(2)3)20-25(30)27(16-17-31-4)19-23-13-10-15-26(23)18-22-11-8-7-9-12-22/h7-13,15,21H,5-6,14,16-20H2,1-4H3. The second-order valence-electron chi connectivity index (χ2n) is 8.14. The van der Waals surface area contributed by atoms with Crippen molar-refractivity contribution in [2.75, 3.05) is 26.8 Å². The molecule has 0 saturated heterocycles. The van der Waals surface area contributed by atoms with Gasteiger partial charge in [0.25, 0.3) is 0 Å². The van der Waals surface area contributed by atoms with Gasteiger partial charge < -0.3 is 19.1 Å². The normalized spacial score (nSPS) is 11.0. The van der Waals surface area contributed by atoms with E-state index in [4.69, 9.17) is 4.74 Å². The van der Waals surface area contributed by atoms with Crippen LogP contribution in [-0.2, 0) is 27.4 Å². The predicted octanol–water partition coefficient (Wildman–Crippen LogP) is 3.94. The number of ether oxygens (including phenoxy) is 1. The lowest BCUT2D eigenvalue weighted by Gasteiger charge is -2.30. The molecule has 0 aliphatic carbocycles. The van der Waals surface area contributed by atoms with Crippen LogP contribution in [0.1, 0.15) is 51.3 Å². The van der Waals surface area contributed by atoms with Crippen molar-refractivity contribution in [3.05, 3.63) is 59.9 Å². The number of aromatic nitrogens is 1. The highest BCUT2D eigenvalue weighted by Gasteiger charge is 2.23. The Balaban J connectivity index is 2.11. The molecule has 1 aromatic heterocycles. The van der Waals surface area contributed by atoms with Gasteiger partial charge in [-0.25, -0.2) is 0 Å². The number of unbranched alkanes of at least 4 members (excludes halogenated alkanes) is 1. The minimum Gasteiger partial charge on any atom is -0.383 e. The van der Waals surface area contributed by atoms with Gasteiger partial charge in [-0.15, -0.1) is 0 Å². The van der Waals surface area contributed by atoms with Gasteiger partial charge >= 0.3 is 0 Å². The van der Waals surface area contributed by atoms with Crippen molar-refractivity contribution >= 4 is 11.8 Å². The smallest absolute Gasteiger partial charge is 0.242 e. The van der Waals surface area contributed by atoms with E-state index in [0.29, 0.717) is 26.1 Å². The minimum absolute atomic E-state index is 0.0143.